The summed E-state index contributed by atoms with van der Waals surface area (Å²) in [6.07, 6.45) is -6.09. The van der Waals surface area contributed by atoms with Gasteiger partial charge in [0.05, 0.1) is 16.1 Å². The number of carbonyl (C=O) groups is 4. The number of rotatable bonds is 15. The number of benzene rings is 3. The van der Waals surface area contributed by atoms with Crippen molar-refractivity contribution in [1.82, 2.24) is 10.6 Å². The van der Waals surface area contributed by atoms with E-state index < -0.39 is 72.2 Å². The zero-order chi connectivity index (χ0) is 35.8. The molecule has 0 fully saturated rings. The van der Waals surface area contributed by atoms with Gasteiger partial charge in [-0.2, -0.15) is 22.0 Å². The molecule has 1 unspecified atom stereocenters. The number of carbonyl (C=O) groups excluding carboxylic acids is 4. The second-order valence-electron chi connectivity index (χ2n) is 11.5. The molecule has 2 amide bonds. The zero-order valence-electron chi connectivity index (χ0n) is 25.7. The molecular weight excluding hydrogens is 702 g/mol. The first-order chi connectivity index (χ1) is 22.4. The summed E-state index contributed by atoms with van der Waals surface area (Å²) < 4.78 is 67.2. The number of Topliss-reactive ketones (excluding diaryl/α,β-unsaturated/α-hetero) is 2. The van der Waals surface area contributed by atoms with Crippen LogP contribution in [-0.4, -0.2) is 48.1 Å². The molecule has 0 bridgehead atoms. The Hall–Kier alpha value is -3.54. The molecule has 3 aromatic rings. The van der Waals surface area contributed by atoms with Crippen molar-refractivity contribution in [2.45, 2.75) is 57.2 Å². The van der Waals surface area contributed by atoms with Gasteiger partial charge in [-0.15, -0.1) is 0 Å². The van der Waals surface area contributed by atoms with E-state index >= 15 is 0 Å². The highest BCUT2D eigenvalue weighted by Crippen LogP contribution is 2.33. The van der Waals surface area contributed by atoms with E-state index in [1.165, 1.54) is 13.8 Å². The van der Waals surface area contributed by atoms with Crippen molar-refractivity contribution in [3.05, 3.63) is 105 Å². The summed E-state index contributed by atoms with van der Waals surface area (Å²) in [4.78, 5) is 52.1. The van der Waals surface area contributed by atoms with E-state index in [4.69, 9.17) is 34.8 Å². The van der Waals surface area contributed by atoms with Crippen LogP contribution >= 0.6 is 34.8 Å². The van der Waals surface area contributed by atoms with E-state index in [1.807, 2.05) is 0 Å². The van der Waals surface area contributed by atoms with Crippen molar-refractivity contribution < 1.29 is 41.1 Å². The third kappa shape index (κ3) is 11.0. The maximum Gasteiger partial charge on any atom is 0.405 e. The third-order valence-electron chi connectivity index (χ3n) is 7.62. The quantitative estimate of drug-likeness (QED) is 0.122. The van der Waals surface area contributed by atoms with Gasteiger partial charge >= 0.3 is 12.1 Å². The van der Waals surface area contributed by atoms with Gasteiger partial charge in [-0.1, -0.05) is 97.2 Å². The van der Waals surface area contributed by atoms with Crippen LogP contribution in [0.1, 0.15) is 49.3 Å². The van der Waals surface area contributed by atoms with Crippen LogP contribution in [0.4, 0.5) is 22.0 Å². The molecule has 6 nitrogen and oxygen atoms in total. The SMILES string of the molecule is CC(C)[C@H](CC(=O)[C@H](Cc1ccc(Cl)cc1)NC(=O)CC(c1ccccc1)c1ccc(Cl)c(Cl)c1)C(=O)C(F)(F)C(=O)NCC(F)(F)F. The summed E-state index contributed by atoms with van der Waals surface area (Å²) in [6.45, 7) is 0.642. The third-order valence-corrected chi connectivity index (χ3v) is 8.61. The Kier molecular flexibility index (Phi) is 13.5. The number of hydrogen-bond acceptors (Lipinski definition) is 4. The molecule has 3 aromatic carbocycles. The van der Waals surface area contributed by atoms with Crippen LogP contribution in [-0.2, 0) is 25.6 Å². The molecule has 48 heavy (non-hydrogen) atoms. The van der Waals surface area contributed by atoms with Gasteiger partial charge in [0.1, 0.15) is 6.54 Å². The highest BCUT2D eigenvalue weighted by atomic mass is 35.5. The Balaban J connectivity index is 1.89. The van der Waals surface area contributed by atoms with Gasteiger partial charge in [0, 0.05) is 29.7 Å². The van der Waals surface area contributed by atoms with Crippen molar-refractivity contribution in [3.8, 4) is 0 Å². The van der Waals surface area contributed by atoms with E-state index in [0.29, 0.717) is 21.2 Å². The molecule has 0 saturated heterocycles. The van der Waals surface area contributed by atoms with Crippen molar-refractivity contribution in [3.63, 3.8) is 0 Å². The van der Waals surface area contributed by atoms with E-state index in [0.717, 1.165) is 10.9 Å². The van der Waals surface area contributed by atoms with Gasteiger partial charge in [-0.3, -0.25) is 19.2 Å². The van der Waals surface area contributed by atoms with Gasteiger partial charge in [-0.25, -0.2) is 0 Å². The first-order valence-corrected chi connectivity index (χ1v) is 15.9. The van der Waals surface area contributed by atoms with E-state index in [-0.39, 0.29) is 17.9 Å². The molecular formula is C34H32Cl3F5N2O4. The Morgan fingerprint density at radius 3 is 1.96 bits per heavy atom. The Bertz CT molecular complexity index is 1600. The fourth-order valence-electron chi connectivity index (χ4n) is 5.01. The minimum Gasteiger partial charge on any atom is -0.346 e. The predicted molar refractivity (Wildman–Crippen MR) is 173 cm³/mol. The number of alkyl halides is 5. The second kappa shape index (κ2) is 16.7. The van der Waals surface area contributed by atoms with Crippen molar-refractivity contribution >= 4 is 58.2 Å². The molecule has 0 aliphatic carbocycles. The van der Waals surface area contributed by atoms with Gasteiger partial charge in [0.2, 0.25) is 11.7 Å². The summed E-state index contributed by atoms with van der Waals surface area (Å²) >= 11 is 18.3. The fourth-order valence-corrected chi connectivity index (χ4v) is 5.44. The lowest BCUT2D eigenvalue weighted by atomic mass is 9.82. The predicted octanol–water partition coefficient (Wildman–Crippen LogP) is 8.01. The molecule has 0 heterocycles. The monoisotopic (exact) mass is 732 g/mol. The number of ketones is 2. The van der Waals surface area contributed by atoms with Crippen molar-refractivity contribution in [1.29, 1.82) is 0 Å². The van der Waals surface area contributed by atoms with E-state index in [1.54, 1.807) is 72.8 Å². The van der Waals surface area contributed by atoms with Gasteiger partial charge < -0.3 is 10.6 Å². The topological polar surface area (TPSA) is 92.3 Å². The molecule has 258 valence electrons. The smallest absolute Gasteiger partial charge is 0.346 e. The summed E-state index contributed by atoms with van der Waals surface area (Å²) in [7, 11) is 0. The van der Waals surface area contributed by atoms with Crippen LogP contribution in [0.5, 0.6) is 0 Å². The Labute approximate surface area is 289 Å². The van der Waals surface area contributed by atoms with Crippen molar-refractivity contribution in [2.24, 2.45) is 11.8 Å². The average molecular weight is 734 g/mol. The molecule has 14 heteroatoms. The standard InChI is InChI=1S/C34H32Cl3F5N2O4/c1-19(2)24(31(47)34(41,42)32(48)43-18-33(38,39)40)16-29(45)28(14-20-8-11-23(35)12-9-20)44-30(46)17-25(21-6-4-3-5-7-21)22-10-13-26(36)27(37)15-22/h3-13,15,19,24-25,28H,14,16-18H2,1-2H3,(H,43,48)(H,44,46)/t24-,25?,28-/m0/s1. The average Bonchev–Trinajstić information content (AvgIpc) is 3.02. The second-order valence-corrected chi connectivity index (χ2v) is 12.8. The van der Waals surface area contributed by atoms with Crippen LogP contribution in [0.15, 0.2) is 72.8 Å². The molecule has 0 radical (unpaired) electrons. The van der Waals surface area contributed by atoms with E-state index in [2.05, 4.69) is 5.32 Å². The van der Waals surface area contributed by atoms with Crippen LogP contribution in [0.25, 0.3) is 0 Å². The van der Waals surface area contributed by atoms with E-state index in [9.17, 15) is 41.1 Å². The fraction of sp³-hybridized carbons (Fsp3) is 0.353. The maximum absolute atomic E-state index is 14.8. The summed E-state index contributed by atoms with van der Waals surface area (Å²) in [6, 6.07) is 18.9. The molecule has 3 rings (SSSR count). The van der Waals surface area contributed by atoms with Crippen LogP contribution in [0.3, 0.4) is 0 Å². The van der Waals surface area contributed by atoms with Gasteiger partial charge in [0.15, 0.2) is 5.78 Å². The van der Waals surface area contributed by atoms with Crippen LogP contribution < -0.4 is 10.6 Å². The Morgan fingerprint density at radius 1 is 0.771 bits per heavy atom. The lowest BCUT2D eigenvalue weighted by Crippen LogP contribution is -2.52. The van der Waals surface area contributed by atoms with Crippen molar-refractivity contribution in [2.75, 3.05) is 6.54 Å². The summed E-state index contributed by atoms with van der Waals surface area (Å²) in [5, 5.41) is 4.67. The number of halogens is 8. The summed E-state index contributed by atoms with van der Waals surface area (Å²) in [5.41, 5.74) is 1.96. The molecule has 0 aromatic heterocycles. The Morgan fingerprint density at radius 2 is 1.40 bits per heavy atom. The van der Waals surface area contributed by atoms with Gasteiger partial charge in [0.25, 0.3) is 5.91 Å². The molecule has 0 aliphatic heterocycles. The number of nitrogens with one attached hydrogen (secondary N) is 2. The minimum atomic E-state index is -4.99. The lowest BCUT2D eigenvalue weighted by molar-refractivity contribution is -0.167. The van der Waals surface area contributed by atoms with Crippen LogP contribution in [0.2, 0.25) is 15.1 Å². The molecule has 2 N–H and O–H groups in total. The largest absolute Gasteiger partial charge is 0.405 e. The highest BCUT2D eigenvalue weighted by Gasteiger charge is 2.51. The first-order valence-electron chi connectivity index (χ1n) is 14.7. The summed E-state index contributed by atoms with van der Waals surface area (Å²) in [5.74, 6) is -13.9. The minimum absolute atomic E-state index is 0.105. The molecule has 0 saturated carbocycles. The molecule has 3 atom stereocenters. The molecule has 0 spiro atoms. The maximum atomic E-state index is 14.8. The molecule has 0 aliphatic rings. The van der Waals surface area contributed by atoms with Gasteiger partial charge in [-0.05, 0) is 53.3 Å². The zero-order valence-corrected chi connectivity index (χ0v) is 28.0. The highest BCUT2D eigenvalue weighted by molar-refractivity contribution is 6.42. The lowest BCUT2D eigenvalue weighted by Gasteiger charge is -2.26. The van der Waals surface area contributed by atoms with Crippen LogP contribution in [0, 0.1) is 11.8 Å². The normalized spacial score (nSPS) is 13.8. The first kappa shape index (κ1) is 38.9. The number of amides is 2. The number of hydrogen-bond donors (Lipinski definition) is 2.